The fourth-order valence-electron chi connectivity index (χ4n) is 2.27. The molecule has 0 radical (unpaired) electrons. The van der Waals surface area contributed by atoms with Crippen molar-refractivity contribution in [3.8, 4) is 0 Å². The first-order chi connectivity index (χ1) is 11.5. The Labute approximate surface area is 142 Å². The number of rotatable bonds is 7. The SMILES string of the molecule is CCCCN(C)C(=O)c1cc(Nc2ccc(C(C)=O)cc2)ccn1. The quantitative estimate of drug-likeness (QED) is 0.784. The molecule has 0 aliphatic rings. The largest absolute Gasteiger partial charge is 0.355 e. The van der Waals surface area contributed by atoms with Gasteiger partial charge in [0.15, 0.2) is 5.78 Å². The summed E-state index contributed by atoms with van der Waals surface area (Å²) in [6.07, 6.45) is 3.64. The van der Waals surface area contributed by atoms with Gasteiger partial charge < -0.3 is 10.2 Å². The van der Waals surface area contributed by atoms with Crippen LogP contribution in [-0.4, -0.2) is 35.2 Å². The first-order valence-electron chi connectivity index (χ1n) is 8.10. The van der Waals surface area contributed by atoms with Gasteiger partial charge in [0, 0.05) is 36.7 Å². The molecule has 0 saturated carbocycles. The number of amides is 1. The number of nitrogens with zero attached hydrogens (tertiary/aromatic N) is 2. The molecule has 2 rings (SSSR count). The highest BCUT2D eigenvalue weighted by atomic mass is 16.2. The minimum Gasteiger partial charge on any atom is -0.355 e. The van der Waals surface area contributed by atoms with E-state index in [0.29, 0.717) is 11.3 Å². The van der Waals surface area contributed by atoms with Crippen molar-refractivity contribution in [3.05, 3.63) is 53.9 Å². The minimum atomic E-state index is -0.0842. The van der Waals surface area contributed by atoms with Crippen LogP contribution in [0.15, 0.2) is 42.6 Å². The molecule has 0 aliphatic carbocycles. The summed E-state index contributed by atoms with van der Waals surface area (Å²) in [6.45, 7) is 4.36. The van der Waals surface area contributed by atoms with Crippen molar-refractivity contribution >= 4 is 23.1 Å². The molecular weight excluding hydrogens is 302 g/mol. The predicted molar refractivity (Wildman–Crippen MR) is 95.8 cm³/mol. The lowest BCUT2D eigenvalue weighted by Gasteiger charge is -2.16. The summed E-state index contributed by atoms with van der Waals surface area (Å²) >= 11 is 0. The van der Waals surface area contributed by atoms with Crippen LogP contribution < -0.4 is 5.32 Å². The molecular formula is C19H23N3O2. The zero-order chi connectivity index (χ0) is 17.5. The van der Waals surface area contributed by atoms with E-state index in [1.54, 1.807) is 36.3 Å². The third kappa shape index (κ3) is 4.65. The summed E-state index contributed by atoms with van der Waals surface area (Å²) < 4.78 is 0. The number of hydrogen-bond donors (Lipinski definition) is 1. The lowest BCUT2D eigenvalue weighted by atomic mass is 10.1. The Morgan fingerprint density at radius 3 is 2.46 bits per heavy atom. The predicted octanol–water partition coefficient (Wildman–Crippen LogP) is 3.90. The zero-order valence-electron chi connectivity index (χ0n) is 14.4. The second-order valence-electron chi connectivity index (χ2n) is 5.77. The number of carbonyl (C=O) groups is 2. The molecule has 0 atom stereocenters. The fourth-order valence-corrected chi connectivity index (χ4v) is 2.27. The van der Waals surface area contributed by atoms with Crippen LogP contribution in [0, 0.1) is 0 Å². The summed E-state index contributed by atoms with van der Waals surface area (Å²) in [5.41, 5.74) is 2.72. The standard InChI is InChI=1S/C19H23N3O2/c1-4-5-12-22(3)19(24)18-13-17(10-11-20-18)21-16-8-6-15(7-9-16)14(2)23/h6-11,13H,4-5,12H2,1-3H3,(H,20,21). The van der Waals surface area contributed by atoms with Gasteiger partial charge in [-0.25, -0.2) is 0 Å². The Bertz CT molecular complexity index is 711. The van der Waals surface area contributed by atoms with E-state index in [1.807, 2.05) is 18.2 Å². The highest BCUT2D eigenvalue weighted by Crippen LogP contribution is 2.18. The molecule has 24 heavy (non-hydrogen) atoms. The van der Waals surface area contributed by atoms with Crippen molar-refractivity contribution in [2.24, 2.45) is 0 Å². The lowest BCUT2D eigenvalue weighted by Crippen LogP contribution is -2.28. The maximum Gasteiger partial charge on any atom is 0.272 e. The number of unbranched alkanes of at least 4 members (excludes halogenated alkanes) is 1. The summed E-state index contributed by atoms with van der Waals surface area (Å²) in [7, 11) is 1.79. The molecule has 5 nitrogen and oxygen atoms in total. The highest BCUT2D eigenvalue weighted by molar-refractivity contribution is 5.94. The van der Waals surface area contributed by atoms with E-state index in [2.05, 4.69) is 17.2 Å². The topological polar surface area (TPSA) is 62.3 Å². The van der Waals surface area contributed by atoms with Crippen molar-refractivity contribution in [1.82, 2.24) is 9.88 Å². The summed E-state index contributed by atoms with van der Waals surface area (Å²) in [6, 6.07) is 10.8. The van der Waals surface area contributed by atoms with Gasteiger partial charge in [0.1, 0.15) is 5.69 Å². The number of carbonyl (C=O) groups excluding carboxylic acids is 2. The second kappa shape index (κ2) is 8.24. The molecule has 5 heteroatoms. The van der Waals surface area contributed by atoms with E-state index in [1.165, 1.54) is 6.92 Å². The molecule has 2 aromatic rings. The number of benzene rings is 1. The number of aromatic nitrogens is 1. The number of anilines is 2. The molecule has 1 amide bonds. The molecule has 1 heterocycles. The maximum absolute atomic E-state index is 12.4. The number of hydrogen-bond acceptors (Lipinski definition) is 4. The van der Waals surface area contributed by atoms with E-state index in [9.17, 15) is 9.59 Å². The van der Waals surface area contributed by atoms with E-state index >= 15 is 0 Å². The van der Waals surface area contributed by atoms with Gasteiger partial charge in [0.2, 0.25) is 0 Å². The van der Waals surface area contributed by atoms with Gasteiger partial charge in [-0.15, -0.1) is 0 Å². The van der Waals surface area contributed by atoms with Gasteiger partial charge in [0.05, 0.1) is 0 Å². The average Bonchev–Trinajstić information content (AvgIpc) is 2.59. The van der Waals surface area contributed by atoms with Crippen LogP contribution in [0.2, 0.25) is 0 Å². The molecule has 0 spiro atoms. The van der Waals surface area contributed by atoms with Crippen molar-refractivity contribution in [1.29, 1.82) is 0 Å². The number of nitrogens with one attached hydrogen (secondary N) is 1. The van der Waals surface area contributed by atoms with E-state index < -0.39 is 0 Å². The Balaban J connectivity index is 2.09. The molecule has 1 aromatic heterocycles. The molecule has 1 N–H and O–H groups in total. The average molecular weight is 325 g/mol. The van der Waals surface area contributed by atoms with Crippen LogP contribution >= 0.6 is 0 Å². The van der Waals surface area contributed by atoms with Crippen LogP contribution in [0.3, 0.4) is 0 Å². The van der Waals surface area contributed by atoms with Gasteiger partial charge in [0.25, 0.3) is 5.91 Å². The smallest absolute Gasteiger partial charge is 0.272 e. The van der Waals surface area contributed by atoms with Crippen molar-refractivity contribution in [2.75, 3.05) is 18.9 Å². The summed E-state index contributed by atoms with van der Waals surface area (Å²) in [4.78, 5) is 29.5. The summed E-state index contributed by atoms with van der Waals surface area (Å²) in [5, 5.41) is 3.23. The van der Waals surface area contributed by atoms with E-state index in [0.717, 1.165) is 30.8 Å². The van der Waals surface area contributed by atoms with Crippen molar-refractivity contribution < 1.29 is 9.59 Å². The number of ketones is 1. The van der Waals surface area contributed by atoms with Crippen LogP contribution in [-0.2, 0) is 0 Å². The molecule has 0 aliphatic heterocycles. The third-order valence-corrected chi connectivity index (χ3v) is 3.75. The zero-order valence-corrected chi connectivity index (χ0v) is 14.4. The van der Waals surface area contributed by atoms with Gasteiger partial charge in [-0.1, -0.05) is 13.3 Å². The van der Waals surface area contributed by atoms with Crippen molar-refractivity contribution in [3.63, 3.8) is 0 Å². The Morgan fingerprint density at radius 1 is 1.12 bits per heavy atom. The van der Waals surface area contributed by atoms with E-state index in [4.69, 9.17) is 0 Å². The molecule has 0 saturated heterocycles. The molecule has 0 unspecified atom stereocenters. The second-order valence-corrected chi connectivity index (χ2v) is 5.77. The Hall–Kier alpha value is -2.69. The lowest BCUT2D eigenvalue weighted by molar-refractivity contribution is 0.0787. The number of Topliss-reactive ketones (excluding diaryl/α,β-unsaturated/α-hetero) is 1. The monoisotopic (exact) mass is 325 g/mol. The fraction of sp³-hybridized carbons (Fsp3) is 0.316. The normalized spacial score (nSPS) is 10.3. The number of pyridine rings is 1. The van der Waals surface area contributed by atoms with Crippen LogP contribution in [0.25, 0.3) is 0 Å². The third-order valence-electron chi connectivity index (χ3n) is 3.75. The first-order valence-corrected chi connectivity index (χ1v) is 8.10. The van der Waals surface area contributed by atoms with Gasteiger partial charge in [-0.05, 0) is 49.7 Å². The van der Waals surface area contributed by atoms with Crippen molar-refractivity contribution in [2.45, 2.75) is 26.7 Å². The maximum atomic E-state index is 12.4. The van der Waals surface area contributed by atoms with Crippen LogP contribution in [0.1, 0.15) is 47.5 Å². The Kier molecular flexibility index (Phi) is 6.07. The van der Waals surface area contributed by atoms with Gasteiger partial charge in [-0.3, -0.25) is 14.6 Å². The molecule has 0 fully saturated rings. The van der Waals surface area contributed by atoms with Crippen LogP contribution in [0.4, 0.5) is 11.4 Å². The highest BCUT2D eigenvalue weighted by Gasteiger charge is 2.13. The molecule has 0 bridgehead atoms. The Morgan fingerprint density at radius 2 is 1.83 bits per heavy atom. The minimum absolute atomic E-state index is 0.0356. The first kappa shape index (κ1) is 17.7. The van der Waals surface area contributed by atoms with Gasteiger partial charge in [-0.2, -0.15) is 0 Å². The molecule has 126 valence electrons. The molecule has 1 aromatic carbocycles. The summed E-state index contributed by atoms with van der Waals surface area (Å²) in [5.74, 6) is -0.0486. The van der Waals surface area contributed by atoms with E-state index in [-0.39, 0.29) is 11.7 Å². The van der Waals surface area contributed by atoms with Crippen LogP contribution in [0.5, 0.6) is 0 Å². The van der Waals surface area contributed by atoms with Gasteiger partial charge >= 0.3 is 0 Å².